The average molecular weight is 375 g/mol. The van der Waals surface area contributed by atoms with Crippen molar-refractivity contribution in [3.05, 3.63) is 89.0 Å². The number of para-hydroxylation sites is 1. The van der Waals surface area contributed by atoms with Gasteiger partial charge < -0.3 is 14.8 Å². The normalized spacial score (nSPS) is 10.2. The van der Waals surface area contributed by atoms with E-state index in [0.29, 0.717) is 28.3 Å². The Balaban J connectivity index is 2.00. The van der Waals surface area contributed by atoms with E-state index in [1.54, 1.807) is 30.3 Å². The first-order chi connectivity index (χ1) is 13.5. The second-order valence-corrected chi connectivity index (χ2v) is 6.22. The Hall–Kier alpha value is -3.60. The van der Waals surface area contributed by atoms with Gasteiger partial charge in [-0.3, -0.25) is 9.59 Å². The van der Waals surface area contributed by atoms with E-state index in [-0.39, 0.29) is 17.3 Å². The molecule has 0 saturated heterocycles. The van der Waals surface area contributed by atoms with Gasteiger partial charge in [0.25, 0.3) is 5.91 Å². The monoisotopic (exact) mass is 375 g/mol. The lowest BCUT2D eigenvalue weighted by molar-refractivity contribution is 0.101. The van der Waals surface area contributed by atoms with E-state index in [1.165, 1.54) is 20.3 Å². The third kappa shape index (κ3) is 3.88. The Bertz CT molecular complexity index is 1010. The van der Waals surface area contributed by atoms with Crippen molar-refractivity contribution in [3.8, 4) is 11.5 Å². The number of ketones is 1. The van der Waals surface area contributed by atoms with E-state index in [4.69, 9.17) is 9.47 Å². The molecule has 3 rings (SSSR count). The minimum atomic E-state index is -0.344. The third-order valence-electron chi connectivity index (χ3n) is 4.44. The van der Waals surface area contributed by atoms with Crippen LogP contribution in [0.5, 0.6) is 11.5 Å². The summed E-state index contributed by atoms with van der Waals surface area (Å²) in [6.07, 6.45) is 0. The average Bonchev–Trinajstić information content (AvgIpc) is 2.74. The number of nitrogens with one attached hydrogen (secondary N) is 1. The summed E-state index contributed by atoms with van der Waals surface area (Å²) < 4.78 is 10.8. The second-order valence-electron chi connectivity index (χ2n) is 6.22. The zero-order chi connectivity index (χ0) is 20.1. The quantitative estimate of drug-likeness (QED) is 0.645. The molecule has 0 saturated carbocycles. The fourth-order valence-electron chi connectivity index (χ4n) is 2.90. The maximum absolute atomic E-state index is 12.9. The molecule has 28 heavy (non-hydrogen) atoms. The van der Waals surface area contributed by atoms with Gasteiger partial charge in [0, 0.05) is 11.3 Å². The van der Waals surface area contributed by atoms with Crippen molar-refractivity contribution in [1.29, 1.82) is 0 Å². The van der Waals surface area contributed by atoms with Crippen molar-refractivity contribution in [2.45, 2.75) is 6.92 Å². The fraction of sp³-hybridized carbons (Fsp3) is 0.130. The number of ether oxygens (including phenoxy) is 2. The lowest BCUT2D eigenvalue weighted by Crippen LogP contribution is -2.15. The van der Waals surface area contributed by atoms with Crippen LogP contribution in [0.25, 0.3) is 0 Å². The van der Waals surface area contributed by atoms with Gasteiger partial charge in [0.05, 0.1) is 25.3 Å². The van der Waals surface area contributed by atoms with E-state index >= 15 is 0 Å². The van der Waals surface area contributed by atoms with Gasteiger partial charge in [-0.1, -0.05) is 48.5 Å². The lowest BCUT2D eigenvalue weighted by atomic mass is 9.99. The van der Waals surface area contributed by atoms with Crippen LogP contribution >= 0.6 is 0 Å². The Morgan fingerprint density at radius 2 is 1.36 bits per heavy atom. The van der Waals surface area contributed by atoms with Gasteiger partial charge in [0.1, 0.15) is 11.5 Å². The van der Waals surface area contributed by atoms with Crippen LogP contribution in [0.3, 0.4) is 0 Å². The summed E-state index contributed by atoms with van der Waals surface area (Å²) in [4.78, 5) is 25.7. The van der Waals surface area contributed by atoms with Crippen LogP contribution in [0.2, 0.25) is 0 Å². The molecule has 0 heterocycles. The second kappa shape index (κ2) is 8.39. The van der Waals surface area contributed by atoms with Gasteiger partial charge in [0.15, 0.2) is 5.78 Å². The van der Waals surface area contributed by atoms with E-state index in [2.05, 4.69) is 5.32 Å². The predicted molar refractivity (Wildman–Crippen MR) is 109 cm³/mol. The van der Waals surface area contributed by atoms with Crippen LogP contribution < -0.4 is 14.8 Å². The number of benzene rings is 3. The minimum absolute atomic E-state index is 0.207. The summed E-state index contributed by atoms with van der Waals surface area (Å²) >= 11 is 0. The summed E-state index contributed by atoms with van der Waals surface area (Å²) in [6.45, 7) is 1.91. The molecule has 0 unspecified atom stereocenters. The maximum Gasteiger partial charge on any atom is 0.259 e. The van der Waals surface area contributed by atoms with Gasteiger partial charge in [-0.05, 0) is 30.7 Å². The largest absolute Gasteiger partial charge is 0.496 e. The molecule has 5 nitrogen and oxygen atoms in total. The van der Waals surface area contributed by atoms with Crippen LogP contribution in [0.4, 0.5) is 5.69 Å². The molecule has 142 valence electrons. The number of rotatable bonds is 6. The van der Waals surface area contributed by atoms with E-state index in [1.807, 2.05) is 37.3 Å². The van der Waals surface area contributed by atoms with E-state index in [0.717, 1.165) is 5.56 Å². The number of methoxy groups -OCH3 is 2. The molecule has 0 aromatic heterocycles. The standard InChI is InChI=1S/C23H21NO4/c1-15-9-7-8-12-19(15)24-23(26)18-14-20(27-2)17(13-21(18)28-3)22(25)16-10-5-4-6-11-16/h4-14H,1-3H3,(H,24,26). The van der Waals surface area contributed by atoms with Crippen LogP contribution in [-0.4, -0.2) is 25.9 Å². The highest BCUT2D eigenvalue weighted by atomic mass is 16.5. The first-order valence-corrected chi connectivity index (χ1v) is 8.78. The number of carbonyl (C=O) groups excluding carboxylic acids is 2. The SMILES string of the molecule is COc1cc(C(=O)c2ccccc2)c(OC)cc1C(=O)Nc1ccccc1C. The first kappa shape index (κ1) is 19.2. The Morgan fingerprint density at radius 3 is 2.00 bits per heavy atom. The molecule has 0 fully saturated rings. The molecule has 3 aromatic rings. The van der Waals surface area contributed by atoms with Crippen molar-refractivity contribution in [3.63, 3.8) is 0 Å². The van der Waals surface area contributed by atoms with Crippen molar-refractivity contribution in [2.75, 3.05) is 19.5 Å². The molecule has 0 aliphatic rings. The summed E-state index contributed by atoms with van der Waals surface area (Å²) in [6, 6.07) is 19.4. The van der Waals surface area contributed by atoms with Gasteiger partial charge in [0.2, 0.25) is 0 Å². The van der Waals surface area contributed by atoms with E-state index < -0.39 is 0 Å². The molecule has 0 atom stereocenters. The smallest absolute Gasteiger partial charge is 0.259 e. The molecule has 0 spiro atoms. The predicted octanol–water partition coefficient (Wildman–Crippen LogP) is 4.50. The van der Waals surface area contributed by atoms with Crippen LogP contribution in [-0.2, 0) is 0 Å². The van der Waals surface area contributed by atoms with Gasteiger partial charge in [-0.2, -0.15) is 0 Å². The summed E-state index contributed by atoms with van der Waals surface area (Å²) in [5, 5.41) is 2.87. The molecule has 0 radical (unpaired) electrons. The zero-order valence-corrected chi connectivity index (χ0v) is 16.0. The molecule has 0 bridgehead atoms. The zero-order valence-electron chi connectivity index (χ0n) is 16.0. The minimum Gasteiger partial charge on any atom is -0.496 e. The molecule has 5 heteroatoms. The third-order valence-corrected chi connectivity index (χ3v) is 4.44. The summed E-state index contributed by atoms with van der Waals surface area (Å²) in [7, 11) is 2.93. The molecular formula is C23H21NO4. The van der Waals surface area contributed by atoms with Gasteiger partial charge >= 0.3 is 0 Å². The number of hydrogen-bond donors (Lipinski definition) is 1. The van der Waals surface area contributed by atoms with Crippen LogP contribution in [0.15, 0.2) is 66.7 Å². The number of anilines is 1. The lowest BCUT2D eigenvalue weighted by Gasteiger charge is -2.15. The summed E-state index contributed by atoms with van der Waals surface area (Å²) in [5.41, 5.74) is 2.79. The number of amides is 1. The number of hydrogen-bond acceptors (Lipinski definition) is 4. The molecular weight excluding hydrogens is 354 g/mol. The Morgan fingerprint density at radius 1 is 0.786 bits per heavy atom. The Kier molecular flexibility index (Phi) is 5.75. The van der Waals surface area contributed by atoms with Gasteiger partial charge in [-0.25, -0.2) is 0 Å². The molecule has 0 aliphatic carbocycles. The number of aryl methyl sites for hydroxylation is 1. The number of carbonyl (C=O) groups is 2. The van der Waals surface area contributed by atoms with Gasteiger partial charge in [-0.15, -0.1) is 0 Å². The molecule has 0 aliphatic heterocycles. The van der Waals surface area contributed by atoms with Crippen molar-refractivity contribution >= 4 is 17.4 Å². The molecule has 1 N–H and O–H groups in total. The highest BCUT2D eigenvalue weighted by Gasteiger charge is 2.22. The van der Waals surface area contributed by atoms with Crippen molar-refractivity contribution in [2.24, 2.45) is 0 Å². The highest BCUT2D eigenvalue weighted by Crippen LogP contribution is 2.31. The van der Waals surface area contributed by atoms with E-state index in [9.17, 15) is 9.59 Å². The summed E-state index contributed by atoms with van der Waals surface area (Å²) in [5.74, 6) is 0.0560. The molecule has 1 amide bonds. The van der Waals surface area contributed by atoms with Crippen molar-refractivity contribution < 1.29 is 19.1 Å². The van der Waals surface area contributed by atoms with Crippen molar-refractivity contribution in [1.82, 2.24) is 0 Å². The highest BCUT2D eigenvalue weighted by molar-refractivity contribution is 6.13. The maximum atomic E-state index is 12.9. The fourth-order valence-corrected chi connectivity index (χ4v) is 2.90. The molecule has 3 aromatic carbocycles. The topological polar surface area (TPSA) is 64.6 Å². The van der Waals surface area contributed by atoms with Crippen LogP contribution in [0.1, 0.15) is 31.8 Å². The Labute approximate surface area is 163 Å². The van der Waals surface area contributed by atoms with Crippen LogP contribution in [0, 0.1) is 6.92 Å². The first-order valence-electron chi connectivity index (χ1n) is 8.78.